The van der Waals surface area contributed by atoms with Crippen molar-refractivity contribution in [2.24, 2.45) is 0 Å². The maximum atomic E-state index is 13.4. The number of fused-ring (bicyclic) bond motifs is 1. The quantitative estimate of drug-likeness (QED) is 0.827. The Morgan fingerprint density at radius 3 is 2.50 bits per heavy atom. The van der Waals surface area contributed by atoms with Gasteiger partial charge in [0.2, 0.25) is 0 Å². The van der Waals surface area contributed by atoms with Crippen LogP contribution >= 0.6 is 0 Å². The molecule has 2 N–H and O–H groups in total. The molecule has 0 radical (unpaired) electrons. The molecule has 1 aliphatic heterocycles. The van der Waals surface area contributed by atoms with E-state index in [0.29, 0.717) is 11.4 Å². The van der Waals surface area contributed by atoms with Gasteiger partial charge >= 0.3 is 6.18 Å². The van der Waals surface area contributed by atoms with Gasteiger partial charge in [0, 0.05) is 23.0 Å². The molecule has 1 unspecified atom stereocenters. The predicted molar refractivity (Wildman–Crippen MR) is 82.5 cm³/mol. The van der Waals surface area contributed by atoms with Gasteiger partial charge in [-0.2, -0.15) is 13.2 Å². The Hall–Kier alpha value is -1.65. The minimum Gasteiger partial charge on any atom is -0.382 e. The Kier molecular flexibility index (Phi) is 3.83. The maximum absolute atomic E-state index is 13.4. The van der Waals surface area contributed by atoms with Crippen LogP contribution in [-0.4, -0.2) is 17.8 Å². The van der Waals surface area contributed by atoms with E-state index in [4.69, 9.17) is 0 Å². The van der Waals surface area contributed by atoms with Crippen LogP contribution in [0.3, 0.4) is 0 Å². The summed E-state index contributed by atoms with van der Waals surface area (Å²) in [6, 6.07) is 7.44. The van der Waals surface area contributed by atoms with E-state index in [-0.39, 0.29) is 6.04 Å². The fourth-order valence-electron chi connectivity index (χ4n) is 3.25. The van der Waals surface area contributed by atoms with Crippen LogP contribution in [0, 0.1) is 0 Å². The van der Waals surface area contributed by atoms with Crippen molar-refractivity contribution in [3.05, 3.63) is 35.9 Å². The number of hydrogen-bond donors (Lipinski definition) is 2. The van der Waals surface area contributed by atoms with E-state index in [1.54, 1.807) is 12.1 Å². The first kappa shape index (κ1) is 15.3. The minimum atomic E-state index is -4.35. The number of rotatable bonds is 2. The molecule has 1 saturated carbocycles. The van der Waals surface area contributed by atoms with Crippen LogP contribution in [-0.2, 0) is 0 Å². The summed E-state index contributed by atoms with van der Waals surface area (Å²) in [4.78, 5) is 0. The van der Waals surface area contributed by atoms with Crippen molar-refractivity contribution in [3.8, 4) is 0 Å². The Morgan fingerprint density at radius 1 is 1.14 bits per heavy atom. The molecule has 0 spiro atoms. The summed E-state index contributed by atoms with van der Waals surface area (Å²) in [6.07, 6.45) is 2.49. The summed E-state index contributed by atoms with van der Waals surface area (Å²) in [7, 11) is 0. The molecule has 0 bridgehead atoms. The molecule has 1 aromatic carbocycles. The topological polar surface area (TPSA) is 24.1 Å². The summed E-state index contributed by atoms with van der Waals surface area (Å²) in [5.41, 5.74) is -0.0998. The highest BCUT2D eigenvalue weighted by molar-refractivity contribution is 5.80. The first-order valence-corrected chi connectivity index (χ1v) is 7.83. The third-order valence-electron chi connectivity index (χ3n) is 4.60. The normalized spacial score (nSPS) is 25.9. The first-order chi connectivity index (χ1) is 10.4. The van der Waals surface area contributed by atoms with Gasteiger partial charge in [-0.15, -0.1) is 0 Å². The van der Waals surface area contributed by atoms with E-state index < -0.39 is 11.7 Å². The lowest BCUT2D eigenvalue weighted by Gasteiger charge is -2.38. The summed E-state index contributed by atoms with van der Waals surface area (Å²) >= 11 is 0. The molecular weight excluding hydrogens is 289 g/mol. The van der Waals surface area contributed by atoms with Gasteiger partial charge in [-0.3, -0.25) is 0 Å². The van der Waals surface area contributed by atoms with Crippen molar-refractivity contribution in [2.75, 3.05) is 5.32 Å². The second-order valence-corrected chi connectivity index (χ2v) is 6.41. The van der Waals surface area contributed by atoms with Crippen molar-refractivity contribution >= 4 is 11.4 Å². The van der Waals surface area contributed by atoms with Crippen LogP contribution in [0.15, 0.2) is 30.3 Å². The second kappa shape index (κ2) is 5.52. The van der Waals surface area contributed by atoms with Crippen LogP contribution in [0.25, 0.3) is 5.70 Å². The van der Waals surface area contributed by atoms with Crippen LogP contribution in [0.1, 0.15) is 44.6 Å². The van der Waals surface area contributed by atoms with Crippen molar-refractivity contribution in [2.45, 2.75) is 56.8 Å². The van der Waals surface area contributed by atoms with E-state index in [2.05, 4.69) is 10.6 Å². The van der Waals surface area contributed by atoms with Crippen molar-refractivity contribution in [1.29, 1.82) is 0 Å². The monoisotopic (exact) mass is 310 g/mol. The molecule has 0 aromatic heterocycles. The van der Waals surface area contributed by atoms with Gasteiger partial charge in [0.25, 0.3) is 0 Å². The third-order valence-corrected chi connectivity index (χ3v) is 4.60. The highest BCUT2D eigenvalue weighted by Crippen LogP contribution is 2.41. The van der Waals surface area contributed by atoms with Gasteiger partial charge in [0.05, 0.1) is 0 Å². The SMILES string of the molecule is CC1(C(F)(F)F)C=C(NC2CCCCC2)c2ccccc2N1. The largest absolute Gasteiger partial charge is 0.414 e. The minimum absolute atomic E-state index is 0.267. The lowest BCUT2D eigenvalue weighted by atomic mass is 9.90. The van der Waals surface area contributed by atoms with E-state index in [9.17, 15) is 13.2 Å². The fraction of sp³-hybridized carbons (Fsp3) is 0.529. The average molecular weight is 310 g/mol. The molecule has 1 aromatic rings. The number of para-hydroxylation sites is 1. The predicted octanol–water partition coefficient (Wildman–Crippen LogP) is 4.70. The molecule has 22 heavy (non-hydrogen) atoms. The molecule has 1 fully saturated rings. The highest BCUT2D eigenvalue weighted by atomic mass is 19.4. The molecule has 2 nitrogen and oxygen atoms in total. The standard InChI is InChI=1S/C17H21F3N2/c1-16(17(18,19)20)11-15(21-12-7-3-2-4-8-12)13-9-5-6-10-14(13)22-16/h5-6,9-12,21-22H,2-4,7-8H2,1H3. The molecule has 1 atom stereocenters. The van der Waals surface area contributed by atoms with E-state index >= 15 is 0 Å². The van der Waals surface area contributed by atoms with Crippen LogP contribution in [0.4, 0.5) is 18.9 Å². The van der Waals surface area contributed by atoms with E-state index in [1.165, 1.54) is 19.4 Å². The summed E-state index contributed by atoms with van der Waals surface area (Å²) in [6.45, 7) is 1.19. The smallest absolute Gasteiger partial charge is 0.382 e. The second-order valence-electron chi connectivity index (χ2n) is 6.41. The number of alkyl halides is 3. The maximum Gasteiger partial charge on any atom is 0.414 e. The lowest BCUT2D eigenvalue weighted by Crippen LogP contribution is -2.50. The zero-order chi connectivity index (χ0) is 15.8. The molecule has 120 valence electrons. The Morgan fingerprint density at radius 2 is 1.82 bits per heavy atom. The number of hydrogen-bond acceptors (Lipinski definition) is 2. The van der Waals surface area contributed by atoms with Gasteiger partial charge < -0.3 is 10.6 Å². The van der Waals surface area contributed by atoms with Crippen molar-refractivity contribution in [1.82, 2.24) is 5.32 Å². The molecule has 0 amide bonds. The van der Waals surface area contributed by atoms with Crippen LogP contribution in [0.5, 0.6) is 0 Å². The number of halogens is 3. The fourth-order valence-corrected chi connectivity index (χ4v) is 3.25. The molecule has 1 aliphatic carbocycles. The summed E-state index contributed by atoms with van der Waals surface area (Å²) in [5, 5.41) is 6.00. The zero-order valence-corrected chi connectivity index (χ0v) is 12.6. The first-order valence-electron chi connectivity index (χ1n) is 7.83. The van der Waals surface area contributed by atoms with Crippen LogP contribution < -0.4 is 10.6 Å². The Bertz CT molecular complexity index is 574. The Labute approximate surface area is 128 Å². The molecule has 2 aliphatic rings. The zero-order valence-electron chi connectivity index (χ0n) is 12.6. The molecular formula is C17H21F3N2. The number of nitrogens with one attached hydrogen (secondary N) is 2. The third kappa shape index (κ3) is 2.81. The number of benzene rings is 1. The average Bonchev–Trinajstić information content (AvgIpc) is 2.47. The van der Waals surface area contributed by atoms with Gasteiger partial charge in [0.1, 0.15) is 0 Å². The van der Waals surface area contributed by atoms with Crippen molar-refractivity contribution < 1.29 is 13.2 Å². The molecule has 3 rings (SSSR count). The lowest BCUT2D eigenvalue weighted by molar-refractivity contribution is -0.160. The Balaban J connectivity index is 1.95. The molecule has 5 heteroatoms. The molecule has 1 heterocycles. The highest BCUT2D eigenvalue weighted by Gasteiger charge is 2.51. The van der Waals surface area contributed by atoms with Gasteiger partial charge in [-0.25, -0.2) is 0 Å². The van der Waals surface area contributed by atoms with Gasteiger partial charge in [0.15, 0.2) is 5.54 Å². The summed E-state index contributed by atoms with van der Waals surface area (Å²) in [5.74, 6) is 0. The summed E-state index contributed by atoms with van der Waals surface area (Å²) < 4.78 is 40.3. The van der Waals surface area contributed by atoms with E-state index in [0.717, 1.165) is 31.2 Å². The molecule has 0 saturated heterocycles. The van der Waals surface area contributed by atoms with Gasteiger partial charge in [-0.1, -0.05) is 37.5 Å². The number of anilines is 1. The van der Waals surface area contributed by atoms with E-state index in [1.807, 2.05) is 12.1 Å². The van der Waals surface area contributed by atoms with Crippen molar-refractivity contribution in [3.63, 3.8) is 0 Å². The van der Waals surface area contributed by atoms with Gasteiger partial charge in [-0.05, 0) is 31.9 Å². The van der Waals surface area contributed by atoms with Crippen LogP contribution in [0.2, 0.25) is 0 Å².